The number of anilines is 2. The van der Waals surface area contributed by atoms with Crippen LogP contribution in [-0.2, 0) is 24.3 Å². The van der Waals surface area contributed by atoms with Gasteiger partial charge in [-0.05, 0) is 83.1 Å². The van der Waals surface area contributed by atoms with Crippen LogP contribution in [0.2, 0.25) is 0 Å². The number of fused-ring (bicyclic) bond motifs is 4. The van der Waals surface area contributed by atoms with E-state index in [-0.39, 0.29) is 5.54 Å². The minimum Gasteiger partial charge on any atom is -0.373 e. The third kappa shape index (κ3) is 5.01. The molecular formula is C31H46N8O. The molecule has 2 bridgehead atoms. The molecule has 1 saturated heterocycles. The molecule has 2 aromatic rings. The second-order valence-electron chi connectivity index (χ2n) is 12.9. The zero-order valence-corrected chi connectivity index (χ0v) is 24.6. The Morgan fingerprint density at radius 3 is 2.48 bits per heavy atom. The summed E-state index contributed by atoms with van der Waals surface area (Å²) < 4.78 is 2.35. The van der Waals surface area contributed by atoms with E-state index < -0.39 is 0 Å². The molecule has 4 heterocycles. The standard InChI is InChI=1S/C31H46N8O/c1-22-17-27(24(18-32)29(33-3)35-22)38-16-7-26-25(20-38)23(2)36-39(26)21-30-8-11-31(12-9-30,13-10-30)34-19-28(40)37-14-5-4-6-15-37/h17-18,32,34H,4-16,19-21H2,1-3H3,(H,33,35). The monoisotopic (exact) mass is 546 g/mol. The minimum absolute atomic E-state index is 0.147. The minimum atomic E-state index is 0.147. The first-order valence-electron chi connectivity index (χ1n) is 15.4. The molecule has 0 aromatic carbocycles. The number of nitrogens with zero attached hydrogens (tertiary/aromatic N) is 5. The van der Waals surface area contributed by atoms with Crippen LogP contribution in [0.5, 0.6) is 0 Å². The zero-order valence-electron chi connectivity index (χ0n) is 24.6. The van der Waals surface area contributed by atoms with Crippen LogP contribution in [0.15, 0.2) is 6.07 Å². The van der Waals surface area contributed by atoms with Crippen molar-refractivity contribution in [2.45, 2.75) is 96.7 Å². The van der Waals surface area contributed by atoms with Crippen molar-refractivity contribution in [1.29, 1.82) is 5.41 Å². The van der Waals surface area contributed by atoms with Crippen LogP contribution < -0.4 is 15.5 Å². The van der Waals surface area contributed by atoms with Crippen LogP contribution in [0.3, 0.4) is 0 Å². The van der Waals surface area contributed by atoms with Gasteiger partial charge in [-0.25, -0.2) is 4.98 Å². The first-order valence-corrected chi connectivity index (χ1v) is 15.4. The first kappa shape index (κ1) is 27.2. The van der Waals surface area contributed by atoms with E-state index in [2.05, 4.69) is 43.1 Å². The highest BCUT2D eigenvalue weighted by molar-refractivity contribution is 5.92. The van der Waals surface area contributed by atoms with Gasteiger partial charge in [0.15, 0.2) is 0 Å². The first-order chi connectivity index (χ1) is 19.3. The SMILES string of the molecule is CNc1nc(C)cc(N2CCc3c(c(C)nn3CC34CCC(NCC(=O)N5CCCCC5)(CC3)CC4)C2)c1C=N. The van der Waals surface area contributed by atoms with E-state index >= 15 is 0 Å². The molecule has 0 spiro atoms. The summed E-state index contributed by atoms with van der Waals surface area (Å²) in [6.45, 7) is 9.28. The van der Waals surface area contributed by atoms with Crippen molar-refractivity contribution in [3.05, 3.63) is 34.3 Å². The second-order valence-corrected chi connectivity index (χ2v) is 12.9. The number of carbonyl (C=O) groups is 1. The number of nitrogens with one attached hydrogen (secondary N) is 3. The number of aromatic nitrogens is 3. The Morgan fingerprint density at radius 2 is 1.80 bits per heavy atom. The third-order valence-electron chi connectivity index (χ3n) is 10.4. The smallest absolute Gasteiger partial charge is 0.236 e. The van der Waals surface area contributed by atoms with Crippen LogP contribution in [0.4, 0.5) is 11.5 Å². The number of likely N-dealkylation sites (tertiary alicyclic amines) is 1. The summed E-state index contributed by atoms with van der Waals surface area (Å²) in [5.74, 6) is 1.05. The molecule has 7 rings (SSSR count). The quantitative estimate of drug-likeness (QED) is 0.429. The maximum atomic E-state index is 12.8. The Morgan fingerprint density at radius 1 is 1.07 bits per heavy atom. The average molecular weight is 547 g/mol. The highest BCUT2D eigenvalue weighted by Crippen LogP contribution is 2.53. The zero-order chi connectivity index (χ0) is 27.9. The highest BCUT2D eigenvalue weighted by atomic mass is 16.2. The number of hydrogen-bond donors (Lipinski definition) is 3. The van der Waals surface area contributed by atoms with E-state index in [0.29, 0.717) is 17.9 Å². The molecule has 1 amide bonds. The van der Waals surface area contributed by atoms with Crippen LogP contribution in [0.25, 0.3) is 0 Å². The summed E-state index contributed by atoms with van der Waals surface area (Å²) in [6, 6.07) is 2.11. The summed E-state index contributed by atoms with van der Waals surface area (Å²) in [6.07, 6.45) is 13.1. The van der Waals surface area contributed by atoms with Gasteiger partial charge in [0.05, 0.1) is 23.5 Å². The predicted octanol–water partition coefficient (Wildman–Crippen LogP) is 4.19. The predicted molar refractivity (Wildman–Crippen MR) is 159 cm³/mol. The van der Waals surface area contributed by atoms with Crippen molar-refractivity contribution in [3.8, 4) is 0 Å². The van der Waals surface area contributed by atoms with Gasteiger partial charge >= 0.3 is 0 Å². The number of amides is 1. The van der Waals surface area contributed by atoms with Gasteiger partial charge in [-0.3, -0.25) is 9.48 Å². The summed E-state index contributed by atoms with van der Waals surface area (Å²) in [7, 11) is 1.87. The van der Waals surface area contributed by atoms with Gasteiger partial charge in [0, 0.05) is 74.9 Å². The van der Waals surface area contributed by atoms with Crippen LogP contribution in [0.1, 0.15) is 86.0 Å². The number of rotatable bonds is 8. The number of pyridine rings is 1. The fourth-order valence-corrected chi connectivity index (χ4v) is 7.86. The lowest BCUT2D eigenvalue weighted by molar-refractivity contribution is -0.132. The molecule has 216 valence electrons. The lowest BCUT2D eigenvalue weighted by atomic mass is 9.57. The second kappa shape index (κ2) is 10.8. The Hall–Kier alpha value is -2.94. The van der Waals surface area contributed by atoms with Crippen LogP contribution >= 0.6 is 0 Å². The molecule has 3 aliphatic carbocycles. The van der Waals surface area contributed by atoms with Gasteiger partial charge in [0.25, 0.3) is 0 Å². The summed E-state index contributed by atoms with van der Waals surface area (Å²) in [4.78, 5) is 21.8. The summed E-state index contributed by atoms with van der Waals surface area (Å²) in [5.41, 5.74) is 7.22. The Balaban J connectivity index is 1.11. The molecule has 3 N–H and O–H groups in total. The Labute approximate surface area is 238 Å². The number of carbonyl (C=O) groups excluding carboxylic acids is 1. The maximum absolute atomic E-state index is 12.8. The topological polar surface area (TPSA) is 102 Å². The van der Waals surface area contributed by atoms with Gasteiger partial charge in [0.2, 0.25) is 5.91 Å². The molecule has 3 saturated carbocycles. The van der Waals surface area contributed by atoms with Gasteiger partial charge in [0.1, 0.15) is 5.82 Å². The largest absolute Gasteiger partial charge is 0.373 e. The molecule has 9 heteroatoms. The molecule has 0 atom stereocenters. The maximum Gasteiger partial charge on any atom is 0.236 e. The molecule has 40 heavy (non-hydrogen) atoms. The fourth-order valence-electron chi connectivity index (χ4n) is 7.86. The van der Waals surface area contributed by atoms with Crippen LogP contribution in [0, 0.1) is 24.7 Å². The average Bonchev–Trinajstić information content (AvgIpc) is 3.30. The fraction of sp³-hybridized carbons (Fsp3) is 0.677. The van der Waals surface area contributed by atoms with Crippen LogP contribution in [-0.4, -0.2) is 70.6 Å². The Bertz CT molecular complexity index is 1250. The van der Waals surface area contributed by atoms with Gasteiger partial charge in [-0.2, -0.15) is 5.10 Å². The summed E-state index contributed by atoms with van der Waals surface area (Å²) >= 11 is 0. The van der Waals surface area contributed by atoms with E-state index in [1.54, 1.807) is 0 Å². The molecule has 2 aromatic heterocycles. The van der Waals surface area contributed by atoms with Crippen molar-refractivity contribution in [2.75, 3.05) is 43.4 Å². The van der Waals surface area contributed by atoms with Crippen molar-refractivity contribution >= 4 is 23.6 Å². The number of piperidine rings is 1. The molecule has 2 aliphatic heterocycles. The van der Waals surface area contributed by atoms with Crippen molar-refractivity contribution in [2.24, 2.45) is 5.41 Å². The Kier molecular flexibility index (Phi) is 7.36. The molecule has 4 fully saturated rings. The van der Waals surface area contributed by atoms with Crippen molar-refractivity contribution < 1.29 is 4.79 Å². The molecule has 0 unspecified atom stereocenters. The third-order valence-corrected chi connectivity index (χ3v) is 10.4. The van der Waals surface area contributed by atoms with E-state index in [9.17, 15) is 4.79 Å². The number of hydrogen-bond acceptors (Lipinski definition) is 7. The number of aryl methyl sites for hydroxylation is 2. The van der Waals surface area contributed by atoms with Gasteiger partial charge in [-0.1, -0.05) is 0 Å². The van der Waals surface area contributed by atoms with E-state index in [0.717, 1.165) is 99.7 Å². The molecule has 5 aliphatic rings. The van der Waals surface area contributed by atoms with E-state index in [1.807, 2.05) is 14.0 Å². The highest BCUT2D eigenvalue weighted by Gasteiger charge is 2.49. The van der Waals surface area contributed by atoms with Crippen molar-refractivity contribution in [1.82, 2.24) is 25.0 Å². The summed E-state index contributed by atoms with van der Waals surface area (Å²) in [5, 5.41) is 20.1. The lowest BCUT2D eigenvalue weighted by Gasteiger charge is -2.54. The van der Waals surface area contributed by atoms with Gasteiger partial charge in [-0.15, -0.1) is 0 Å². The van der Waals surface area contributed by atoms with Crippen molar-refractivity contribution in [3.63, 3.8) is 0 Å². The normalized spacial score (nSPS) is 26.1. The molecule has 0 radical (unpaired) electrons. The van der Waals surface area contributed by atoms with Gasteiger partial charge < -0.3 is 25.8 Å². The molecular weight excluding hydrogens is 500 g/mol. The lowest BCUT2D eigenvalue weighted by Crippen LogP contribution is -2.58. The molecule has 9 nitrogen and oxygen atoms in total. The van der Waals surface area contributed by atoms with E-state index in [1.165, 1.54) is 43.2 Å². The van der Waals surface area contributed by atoms with E-state index in [4.69, 9.17) is 10.5 Å².